The number of carboxylic acids is 1. The standard InChI is InChI=1S/C17H25N3O4/c1-24-15-9-8-14(19-20-15)17(23)18-13(7-10-16(21)22)11-12-5-3-2-4-6-12/h8-9,12-13H,2-7,10-11H2,1H3,(H,18,23)(H,21,22). The highest BCUT2D eigenvalue weighted by molar-refractivity contribution is 5.92. The molecule has 0 aliphatic heterocycles. The lowest BCUT2D eigenvalue weighted by Crippen LogP contribution is -2.37. The molecule has 0 bridgehead atoms. The van der Waals surface area contributed by atoms with Crippen LogP contribution in [0.2, 0.25) is 0 Å². The minimum Gasteiger partial charge on any atom is -0.481 e. The highest BCUT2D eigenvalue weighted by Gasteiger charge is 2.22. The smallest absolute Gasteiger partial charge is 0.303 e. The molecule has 0 aromatic carbocycles. The molecular weight excluding hydrogens is 310 g/mol. The van der Waals surface area contributed by atoms with Gasteiger partial charge in [0, 0.05) is 18.5 Å². The Morgan fingerprint density at radius 1 is 1.29 bits per heavy atom. The van der Waals surface area contributed by atoms with Crippen molar-refractivity contribution in [2.24, 2.45) is 5.92 Å². The van der Waals surface area contributed by atoms with E-state index in [1.165, 1.54) is 26.4 Å². The number of aliphatic carboxylic acids is 1. The zero-order valence-electron chi connectivity index (χ0n) is 14.0. The summed E-state index contributed by atoms with van der Waals surface area (Å²) in [7, 11) is 1.48. The van der Waals surface area contributed by atoms with Crippen LogP contribution in [0.25, 0.3) is 0 Å². The molecule has 2 N–H and O–H groups in total. The molecular formula is C17H25N3O4. The summed E-state index contributed by atoms with van der Waals surface area (Å²) in [5, 5.41) is 19.5. The molecule has 0 saturated heterocycles. The topological polar surface area (TPSA) is 101 Å². The van der Waals surface area contributed by atoms with E-state index in [1.54, 1.807) is 12.1 Å². The predicted molar refractivity (Wildman–Crippen MR) is 87.9 cm³/mol. The maximum atomic E-state index is 12.3. The van der Waals surface area contributed by atoms with Crippen LogP contribution in [0.5, 0.6) is 5.88 Å². The van der Waals surface area contributed by atoms with Gasteiger partial charge in [-0.05, 0) is 24.8 Å². The Morgan fingerprint density at radius 2 is 2.04 bits per heavy atom. The van der Waals surface area contributed by atoms with E-state index in [0.717, 1.165) is 19.3 Å². The molecule has 0 spiro atoms. The third-order valence-electron chi connectivity index (χ3n) is 4.47. The molecule has 1 aliphatic carbocycles. The molecule has 2 rings (SSSR count). The summed E-state index contributed by atoms with van der Waals surface area (Å²) in [5.41, 5.74) is 0.208. The number of methoxy groups -OCH3 is 1. The number of carbonyl (C=O) groups is 2. The van der Waals surface area contributed by atoms with E-state index in [2.05, 4.69) is 15.5 Å². The van der Waals surface area contributed by atoms with Gasteiger partial charge in [0.2, 0.25) is 5.88 Å². The molecule has 1 aliphatic rings. The Labute approximate surface area is 141 Å². The van der Waals surface area contributed by atoms with Crippen LogP contribution in [0.15, 0.2) is 12.1 Å². The van der Waals surface area contributed by atoms with Crippen LogP contribution in [0.3, 0.4) is 0 Å². The molecule has 1 fully saturated rings. The van der Waals surface area contributed by atoms with Crippen molar-refractivity contribution in [2.75, 3.05) is 7.11 Å². The second-order valence-corrected chi connectivity index (χ2v) is 6.30. The lowest BCUT2D eigenvalue weighted by atomic mass is 9.84. The van der Waals surface area contributed by atoms with Gasteiger partial charge in [0.1, 0.15) is 0 Å². The van der Waals surface area contributed by atoms with Crippen LogP contribution < -0.4 is 10.1 Å². The zero-order chi connectivity index (χ0) is 17.4. The van der Waals surface area contributed by atoms with Gasteiger partial charge in [-0.2, -0.15) is 0 Å². The molecule has 24 heavy (non-hydrogen) atoms. The van der Waals surface area contributed by atoms with Crippen LogP contribution in [0.1, 0.15) is 61.9 Å². The van der Waals surface area contributed by atoms with E-state index in [9.17, 15) is 9.59 Å². The fourth-order valence-electron chi connectivity index (χ4n) is 3.18. The van der Waals surface area contributed by atoms with E-state index >= 15 is 0 Å². The quantitative estimate of drug-likeness (QED) is 0.756. The summed E-state index contributed by atoms with van der Waals surface area (Å²) in [6, 6.07) is 2.98. The zero-order valence-corrected chi connectivity index (χ0v) is 14.0. The fourth-order valence-corrected chi connectivity index (χ4v) is 3.18. The summed E-state index contributed by atoms with van der Waals surface area (Å²) < 4.78 is 4.92. The summed E-state index contributed by atoms with van der Waals surface area (Å²) in [6.45, 7) is 0. The Hall–Kier alpha value is -2.18. The van der Waals surface area contributed by atoms with Gasteiger partial charge in [0.15, 0.2) is 5.69 Å². The molecule has 1 aromatic heterocycles. The molecule has 0 radical (unpaired) electrons. The monoisotopic (exact) mass is 335 g/mol. The van der Waals surface area contributed by atoms with Crippen molar-refractivity contribution < 1.29 is 19.4 Å². The Morgan fingerprint density at radius 3 is 2.62 bits per heavy atom. The van der Waals surface area contributed by atoms with Crippen molar-refractivity contribution >= 4 is 11.9 Å². The fraction of sp³-hybridized carbons (Fsp3) is 0.647. The van der Waals surface area contributed by atoms with Crippen LogP contribution in [-0.2, 0) is 4.79 Å². The Kier molecular flexibility index (Phi) is 6.96. The van der Waals surface area contributed by atoms with Gasteiger partial charge in [-0.1, -0.05) is 32.1 Å². The predicted octanol–water partition coefficient (Wildman–Crippen LogP) is 2.42. The summed E-state index contributed by atoms with van der Waals surface area (Å²) in [4.78, 5) is 23.2. The molecule has 7 heteroatoms. The Balaban J connectivity index is 1.96. The van der Waals surface area contributed by atoms with Crippen molar-refractivity contribution in [3.63, 3.8) is 0 Å². The van der Waals surface area contributed by atoms with Crippen LogP contribution in [-0.4, -0.2) is 40.3 Å². The lowest BCUT2D eigenvalue weighted by molar-refractivity contribution is -0.137. The average Bonchev–Trinajstić information content (AvgIpc) is 2.60. The maximum Gasteiger partial charge on any atom is 0.303 e. The van der Waals surface area contributed by atoms with Gasteiger partial charge >= 0.3 is 5.97 Å². The van der Waals surface area contributed by atoms with Crippen molar-refractivity contribution in [3.8, 4) is 5.88 Å². The number of rotatable bonds is 8. The van der Waals surface area contributed by atoms with E-state index in [-0.39, 0.29) is 24.1 Å². The minimum absolute atomic E-state index is 0.0476. The summed E-state index contributed by atoms with van der Waals surface area (Å²) >= 11 is 0. The number of hydrogen-bond acceptors (Lipinski definition) is 5. The molecule has 1 amide bonds. The number of carbonyl (C=O) groups excluding carboxylic acids is 1. The van der Waals surface area contributed by atoms with Crippen molar-refractivity contribution in [1.29, 1.82) is 0 Å². The molecule has 1 aromatic rings. The van der Waals surface area contributed by atoms with Crippen molar-refractivity contribution in [3.05, 3.63) is 17.8 Å². The first-order valence-electron chi connectivity index (χ1n) is 8.49. The minimum atomic E-state index is -0.845. The first-order valence-corrected chi connectivity index (χ1v) is 8.49. The molecule has 132 valence electrons. The van der Waals surface area contributed by atoms with Crippen LogP contribution in [0, 0.1) is 5.92 Å². The van der Waals surface area contributed by atoms with Gasteiger partial charge in [0.25, 0.3) is 5.91 Å². The van der Waals surface area contributed by atoms with E-state index in [1.807, 2.05) is 0 Å². The van der Waals surface area contributed by atoms with Crippen molar-refractivity contribution in [1.82, 2.24) is 15.5 Å². The molecule has 1 saturated carbocycles. The van der Waals surface area contributed by atoms with Gasteiger partial charge in [0.05, 0.1) is 7.11 Å². The van der Waals surface area contributed by atoms with Gasteiger partial charge < -0.3 is 15.2 Å². The largest absolute Gasteiger partial charge is 0.481 e. The SMILES string of the molecule is COc1ccc(C(=O)NC(CCC(=O)O)CC2CCCCC2)nn1. The average molecular weight is 335 g/mol. The number of hydrogen-bond donors (Lipinski definition) is 2. The number of aromatic nitrogens is 2. The number of nitrogens with zero attached hydrogens (tertiary/aromatic N) is 2. The number of nitrogens with one attached hydrogen (secondary N) is 1. The summed E-state index contributed by atoms with van der Waals surface area (Å²) in [5.74, 6) is -0.269. The van der Waals surface area contributed by atoms with Gasteiger partial charge in [-0.3, -0.25) is 9.59 Å². The first kappa shape index (κ1) is 18.2. The maximum absolute atomic E-state index is 12.3. The van der Waals surface area contributed by atoms with Crippen LogP contribution >= 0.6 is 0 Å². The molecule has 1 unspecified atom stereocenters. The van der Waals surface area contributed by atoms with E-state index < -0.39 is 5.97 Å². The van der Waals surface area contributed by atoms with E-state index in [4.69, 9.17) is 9.84 Å². The highest BCUT2D eigenvalue weighted by Crippen LogP contribution is 2.28. The number of amides is 1. The Bertz CT molecular complexity index is 541. The lowest BCUT2D eigenvalue weighted by Gasteiger charge is -2.27. The van der Waals surface area contributed by atoms with Crippen molar-refractivity contribution in [2.45, 2.75) is 57.4 Å². The van der Waals surface area contributed by atoms with Crippen LogP contribution in [0.4, 0.5) is 0 Å². The van der Waals surface area contributed by atoms with Gasteiger partial charge in [-0.15, -0.1) is 10.2 Å². The molecule has 7 nitrogen and oxygen atoms in total. The normalized spacial score (nSPS) is 16.4. The second kappa shape index (κ2) is 9.20. The third kappa shape index (κ3) is 5.79. The van der Waals surface area contributed by atoms with E-state index in [0.29, 0.717) is 18.2 Å². The molecule has 1 heterocycles. The molecule has 1 atom stereocenters. The number of carboxylic acid groups (broad SMARTS) is 1. The number of ether oxygens (including phenoxy) is 1. The second-order valence-electron chi connectivity index (χ2n) is 6.30. The third-order valence-corrected chi connectivity index (χ3v) is 4.47. The highest BCUT2D eigenvalue weighted by atomic mass is 16.5. The summed E-state index contributed by atoms with van der Waals surface area (Å²) in [6.07, 6.45) is 7.31. The van der Waals surface area contributed by atoms with Gasteiger partial charge in [-0.25, -0.2) is 0 Å². The first-order chi connectivity index (χ1) is 11.6.